The van der Waals surface area contributed by atoms with Gasteiger partial charge in [0.1, 0.15) is 5.82 Å². The van der Waals surface area contributed by atoms with Crippen molar-refractivity contribution in [2.24, 2.45) is 0 Å². The van der Waals surface area contributed by atoms with E-state index in [1.54, 1.807) is 6.07 Å². The highest BCUT2D eigenvalue weighted by molar-refractivity contribution is 5.44. The largest absolute Gasteiger partial charge is 0.453 e. The number of halogens is 3. The first-order valence-electron chi connectivity index (χ1n) is 6.26. The van der Waals surface area contributed by atoms with Gasteiger partial charge in [-0.1, -0.05) is 6.92 Å². The maximum atomic E-state index is 12.7. The van der Waals surface area contributed by atoms with Gasteiger partial charge in [0.2, 0.25) is 0 Å². The maximum absolute atomic E-state index is 12.7. The van der Waals surface area contributed by atoms with E-state index in [0.29, 0.717) is 23.4 Å². The van der Waals surface area contributed by atoms with Crippen molar-refractivity contribution in [2.45, 2.75) is 19.5 Å². The van der Waals surface area contributed by atoms with Crippen LogP contribution in [-0.2, 0) is 6.18 Å². The number of nitrogens with zero attached hydrogens (tertiary/aromatic N) is 4. The Morgan fingerprint density at radius 2 is 1.95 bits per heavy atom. The van der Waals surface area contributed by atoms with Crippen LogP contribution in [0.15, 0.2) is 12.1 Å². The third kappa shape index (κ3) is 3.35. The van der Waals surface area contributed by atoms with Crippen LogP contribution in [0.25, 0.3) is 5.65 Å². The first kappa shape index (κ1) is 14.5. The number of aromatic nitrogens is 4. The van der Waals surface area contributed by atoms with Crippen molar-refractivity contribution >= 4 is 11.5 Å². The van der Waals surface area contributed by atoms with E-state index in [2.05, 4.69) is 32.9 Å². The second-order valence-corrected chi connectivity index (χ2v) is 4.19. The molecule has 0 aliphatic carbocycles. The highest BCUT2D eigenvalue weighted by atomic mass is 19.4. The molecule has 2 aromatic rings. The van der Waals surface area contributed by atoms with E-state index >= 15 is 0 Å². The van der Waals surface area contributed by atoms with Crippen LogP contribution in [-0.4, -0.2) is 39.4 Å². The van der Waals surface area contributed by atoms with Gasteiger partial charge in [0.15, 0.2) is 5.65 Å². The normalized spacial score (nSPS) is 12.0. The molecule has 2 aromatic heterocycles. The predicted octanol–water partition coefficient (Wildman–Crippen LogP) is 1.55. The number of nitrogens with one attached hydrogen (secondary N) is 2. The molecule has 0 radical (unpaired) electrons. The van der Waals surface area contributed by atoms with Crippen LogP contribution in [0.4, 0.5) is 19.0 Å². The lowest BCUT2D eigenvalue weighted by Crippen LogP contribution is -2.23. The molecule has 0 unspecified atom stereocenters. The van der Waals surface area contributed by atoms with Gasteiger partial charge < -0.3 is 10.6 Å². The summed E-state index contributed by atoms with van der Waals surface area (Å²) in [4.78, 5) is 0. The molecule has 0 aliphatic rings. The number of rotatable bonds is 6. The monoisotopic (exact) mass is 288 g/mol. The molecule has 0 atom stereocenters. The molecule has 20 heavy (non-hydrogen) atoms. The maximum Gasteiger partial charge on any atom is 0.453 e. The second kappa shape index (κ2) is 6.04. The smallest absolute Gasteiger partial charge is 0.367 e. The summed E-state index contributed by atoms with van der Waals surface area (Å²) in [6.07, 6.45) is -3.55. The van der Waals surface area contributed by atoms with E-state index in [9.17, 15) is 13.2 Å². The summed E-state index contributed by atoms with van der Waals surface area (Å²) in [6.45, 7) is 4.24. The van der Waals surface area contributed by atoms with Gasteiger partial charge in [0, 0.05) is 13.1 Å². The fourth-order valence-corrected chi connectivity index (χ4v) is 1.64. The third-order valence-corrected chi connectivity index (χ3v) is 2.55. The number of anilines is 1. The number of hydrogen-bond donors (Lipinski definition) is 2. The molecule has 0 aliphatic heterocycles. The summed E-state index contributed by atoms with van der Waals surface area (Å²) in [6, 6.07) is 3.01. The standard InChI is InChI=1S/C11H15F3N6/c1-2-5-15-6-7-16-8-3-4-9-17-18-10(11(12,13)14)20(9)19-8/h3-4,15H,2,5-7H2,1H3,(H,16,19). The first-order chi connectivity index (χ1) is 9.52. The number of hydrogen-bond acceptors (Lipinski definition) is 5. The Morgan fingerprint density at radius 3 is 2.65 bits per heavy atom. The topological polar surface area (TPSA) is 67.1 Å². The van der Waals surface area contributed by atoms with Gasteiger partial charge in [-0.2, -0.15) is 17.7 Å². The van der Waals surface area contributed by atoms with Gasteiger partial charge in [0.25, 0.3) is 5.82 Å². The van der Waals surface area contributed by atoms with Crippen molar-refractivity contribution in [2.75, 3.05) is 25.0 Å². The SMILES string of the molecule is CCCNCCNc1ccc2nnc(C(F)(F)F)n2n1. The van der Waals surface area contributed by atoms with Crippen molar-refractivity contribution in [3.05, 3.63) is 18.0 Å². The minimum Gasteiger partial charge on any atom is -0.367 e. The Kier molecular flexibility index (Phi) is 4.38. The predicted molar refractivity (Wildman–Crippen MR) is 67.4 cm³/mol. The van der Waals surface area contributed by atoms with Crippen LogP contribution in [0.1, 0.15) is 19.2 Å². The van der Waals surface area contributed by atoms with Gasteiger partial charge >= 0.3 is 6.18 Å². The Balaban J connectivity index is 2.08. The van der Waals surface area contributed by atoms with Crippen LogP contribution in [0, 0.1) is 0 Å². The van der Waals surface area contributed by atoms with Crippen LogP contribution in [0.3, 0.4) is 0 Å². The van der Waals surface area contributed by atoms with E-state index in [0.717, 1.165) is 13.0 Å². The quantitative estimate of drug-likeness (QED) is 0.790. The lowest BCUT2D eigenvalue weighted by molar-refractivity contribution is -0.146. The van der Waals surface area contributed by atoms with Gasteiger partial charge in [-0.3, -0.25) is 0 Å². The highest BCUT2D eigenvalue weighted by Crippen LogP contribution is 2.27. The zero-order valence-corrected chi connectivity index (χ0v) is 10.9. The van der Waals surface area contributed by atoms with E-state index in [-0.39, 0.29) is 5.65 Å². The highest BCUT2D eigenvalue weighted by Gasteiger charge is 2.37. The molecule has 6 nitrogen and oxygen atoms in total. The van der Waals surface area contributed by atoms with Gasteiger partial charge in [-0.05, 0) is 25.1 Å². The van der Waals surface area contributed by atoms with Crippen LogP contribution in [0.2, 0.25) is 0 Å². The van der Waals surface area contributed by atoms with Crippen molar-refractivity contribution in [3.8, 4) is 0 Å². The Bertz CT molecular complexity index is 565. The summed E-state index contributed by atoms with van der Waals surface area (Å²) in [7, 11) is 0. The van der Waals surface area contributed by atoms with Crippen molar-refractivity contribution in [3.63, 3.8) is 0 Å². The summed E-state index contributed by atoms with van der Waals surface area (Å²) in [5, 5.41) is 16.5. The van der Waals surface area contributed by atoms with Crippen molar-refractivity contribution in [1.29, 1.82) is 0 Å². The minimum atomic E-state index is -4.58. The van der Waals surface area contributed by atoms with Gasteiger partial charge in [-0.25, -0.2) is 0 Å². The molecule has 0 saturated heterocycles. The van der Waals surface area contributed by atoms with Gasteiger partial charge in [-0.15, -0.1) is 15.3 Å². The molecule has 0 aromatic carbocycles. The summed E-state index contributed by atoms with van der Waals surface area (Å²) < 4.78 is 38.7. The average molecular weight is 288 g/mol. The zero-order valence-electron chi connectivity index (χ0n) is 10.9. The summed E-state index contributed by atoms with van der Waals surface area (Å²) in [5.41, 5.74) is 0.0620. The van der Waals surface area contributed by atoms with E-state index in [1.165, 1.54) is 6.07 Å². The number of fused-ring (bicyclic) bond motifs is 1. The van der Waals surface area contributed by atoms with Crippen molar-refractivity contribution < 1.29 is 13.2 Å². The lowest BCUT2D eigenvalue weighted by atomic mass is 10.4. The Labute approximate surface area is 113 Å². The molecule has 0 spiro atoms. The zero-order chi connectivity index (χ0) is 14.6. The molecule has 2 N–H and O–H groups in total. The molecule has 0 saturated carbocycles. The Hall–Kier alpha value is -1.90. The molecule has 110 valence electrons. The molecular formula is C11H15F3N6. The van der Waals surface area contributed by atoms with E-state index in [4.69, 9.17) is 0 Å². The number of alkyl halides is 3. The molecule has 0 amide bonds. The minimum absolute atomic E-state index is 0.0620. The molecule has 2 rings (SSSR count). The fourth-order valence-electron chi connectivity index (χ4n) is 1.64. The second-order valence-electron chi connectivity index (χ2n) is 4.19. The fraction of sp³-hybridized carbons (Fsp3) is 0.545. The molecule has 2 heterocycles. The van der Waals surface area contributed by atoms with Crippen LogP contribution in [0.5, 0.6) is 0 Å². The average Bonchev–Trinajstić information content (AvgIpc) is 2.81. The van der Waals surface area contributed by atoms with E-state index in [1.807, 2.05) is 0 Å². The van der Waals surface area contributed by atoms with Crippen LogP contribution >= 0.6 is 0 Å². The first-order valence-corrected chi connectivity index (χ1v) is 6.26. The van der Waals surface area contributed by atoms with Gasteiger partial charge in [0.05, 0.1) is 0 Å². The van der Waals surface area contributed by atoms with Crippen LogP contribution < -0.4 is 10.6 Å². The molecule has 0 bridgehead atoms. The molecule has 9 heteroatoms. The summed E-state index contributed by atoms with van der Waals surface area (Å²) >= 11 is 0. The molecular weight excluding hydrogens is 273 g/mol. The Morgan fingerprint density at radius 1 is 1.15 bits per heavy atom. The van der Waals surface area contributed by atoms with Crippen molar-refractivity contribution in [1.82, 2.24) is 25.1 Å². The summed E-state index contributed by atoms with van der Waals surface area (Å²) in [5.74, 6) is -0.777. The van der Waals surface area contributed by atoms with E-state index < -0.39 is 12.0 Å². The third-order valence-electron chi connectivity index (χ3n) is 2.55. The molecule has 0 fully saturated rings. The lowest BCUT2D eigenvalue weighted by Gasteiger charge is -2.07.